The van der Waals surface area contributed by atoms with Crippen molar-refractivity contribution in [3.8, 4) is 0 Å². The van der Waals surface area contributed by atoms with Gasteiger partial charge in [-0.3, -0.25) is 0 Å². The third-order valence-electron chi connectivity index (χ3n) is 2.81. The SMILES string of the molecule is Nc1cc(C(F)(F)F)cc(NCCc2ccc(Cl)cc2)n1. The maximum absolute atomic E-state index is 12.6. The highest BCUT2D eigenvalue weighted by Gasteiger charge is 2.31. The Hall–Kier alpha value is -1.95. The van der Waals surface area contributed by atoms with Crippen LogP contribution in [0.4, 0.5) is 24.8 Å². The molecule has 0 aliphatic heterocycles. The molecule has 3 nitrogen and oxygen atoms in total. The summed E-state index contributed by atoms with van der Waals surface area (Å²) in [4.78, 5) is 3.84. The zero-order chi connectivity index (χ0) is 15.5. The van der Waals surface area contributed by atoms with Gasteiger partial charge >= 0.3 is 6.18 Å². The fourth-order valence-electron chi connectivity index (χ4n) is 1.79. The summed E-state index contributed by atoms with van der Waals surface area (Å²) in [7, 11) is 0. The molecule has 1 heterocycles. The third-order valence-corrected chi connectivity index (χ3v) is 3.06. The largest absolute Gasteiger partial charge is 0.416 e. The van der Waals surface area contributed by atoms with Gasteiger partial charge in [0.1, 0.15) is 11.6 Å². The first-order chi connectivity index (χ1) is 9.84. The zero-order valence-electron chi connectivity index (χ0n) is 10.9. The van der Waals surface area contributed by atoms with Crippen LogP contribution in [-0.4, -0.2) is 11.5 Å². The van der Waals surface area contributed by atoms with E-state index in [1.807, 2.05) is 12.1 Å². The summed E-state index contributed by atoms with van der Waals surface area (Å²) in [6.45, 7) is 0.440. The number of halogens is 4. The molecule has 0 atom stereocenters. The molecular formula is C14H13ClF3N3. The molecule has 2 aromatic rings. The summed E-state index contributed by atoms with van der Waals surface area (Å²) in [6.07, 6.45) is -3.81. The molecule has 0 saturated carbocycles. The van der Waals surface area contributed by atoms with E-state index in [-0.39, 0.29) is 11.6 Å². The van der Waals surface area contributed by atoms with Gasteiger partial charge in [-0.05, 0) is 36.2 Å². The molecule has 7 heteroatoms. The first-order valence-corrected chi connectivity index (χ1v) is 6.55. The van der Waals surface area contributed by atoms with Gasteiger partial charge in [0.2, 0.25) is 0 Å². The van der Waals surface area contributed by atoms with E-state index < -0.39 is 11.7 Å². The van der Waals surface area contributed by atoms with Crippen LogP contribution in [0, 0.1) is 0 Å². The van der Waals surface area contributed by atoms with Crippen molar-refractivity contribution in [2.24, 2.45) is 0 Å². The maximum Gasteiger partial charge on any atom is 0.416 e. The van der Waals surface area contributed by atoms with Crippen LogP contribution in [0.15, 0.2) is 36.4 Å². The van der Waals surface area contributed by atoms with E-state index in [4.69, 9.17) is 17.3 Å². The van der Waals surface area contributed by atoms with Gasteiger partial charge in [-0.2, -0.15) is 13.2 Å². The Labute approximate surface area is 124 Å². The minimum atomic E-state index is -4.44. The second-order valence-corrected chi connectivity index (χ2v) is 4.90. The number of nitrogen functional groups attached to an aromatic ring is 1. The van der Waals surface area contributed by atoms with E-state index in [0.29, 0.717) is 18.0 Å². The number of hydrogen-bond donors (Lipinski definition) is 2. The van der Waals surface area contributed by atoms with Gasteiger partial charge < -0.3 is 11.1 Å². The zero-order valence-corrected chi connectivity index (χ0v) is 11.7. The molecule has 0 radical (unpaired) electrons. The molecule has 0 fully saturated rings. The lowest BCUT2D eigenvalue weighted by molar-refractivity contribution is -0.137. The molecule has 0 aliphatic rings. The topological polar surface area (TPSA) is 50.9 Å². The van der Waals surface area contributed by atoms with Crippen molar-refractivity contribution < 1.29 is 13.2 Å². The predicted octanol–water partition coefficient (Wildman–Crippen LogP) is 3.99. The number of aromatic nitrogens is 1. The molecule has 0 aliphatic carbocycles. The van der Waals surface area contributed by atoms with Gasteiger partial charge in [-0.1, -0.05) is 23.7 Å². The highest BCUT2D eigenvalue weighted by atomic mass is 35.5. The van der Waals surface area contributed by atoms with Crippen LogP contribution in [0.1, 0.15) is 11.1 Å². The van der Waals surface area contributed by atoms with Crippen molar-refractivity contribution in [3.63, 3.8) is 0 Å². The lowest BCUT2D eigenvalue weighted by Crippen LogP contribution is -2.11. The van der Waals surface area contributed by atoms with Crippen molar-refractivity contribution in [3.05, 3.63) is 52.5 Å². The fraction of sp³-hybridized carbons (Fsp3) is 0.214. The van der Waals surface area contributed by atoms with E-state index in [9.17, 15) is 13.2 Å². The smallest absolute Gasteiger partial charge is 0.384 e. The Morgan fingerprint density at radius 3 is 2.43 bits per heavy atom. The normalized spacial score (nSPS) is 11.4. The molecule has 0 spiro atoms. The van der Waals surface area contributed by atoms with E-state index in [0.717, 1.165) is 17.7 Å². The molecule has 21 heavy (non-hydrogen) atoms. The van der Waals surface area contributed by atoms with Crippen molar-refractivity contribution in [1.29, 1.82) is 0 Å². The van der Waals surface area contributed by atoms with Crippen molar-refractivity contribution in [1.82, 2.24) is 4.98 Å². The number of pyridine rings is 1. The number of rotatable bonds is 4. The first kappa shape index (κ1) is 15.4. The molecule has 2 rings (SSSR count). The summed E-state index contributed by atoms with van der Waals surface area (Å²) in [5.41, 5.74) is 5.59. The monoisotopic (exact) mass is 315 g/mol. The van der Waals surface area contributed by atoms with Gasteiger partial charge in [0.15, 0.2) is 0 Å². The molecule has 0 amide bonds. The minimum absolute atomic E-state index is 0.108. The van der Waals surface area contributed by atoms with E-state index in [2.05, 4.69) is 10.3 Å². The maximum atomic E-state index is 12.6. The minimum Gasteiger partial charge on any atom is -0.384 e. The third kappa shape index (κ3) is 4.53. The van der Waals surface area contributed by atoms with Gasteiger partial charge in [0, 0.05) is 11.6 Å². The van der Waals surface area contributed by atoms with Crippen LogP contribution in [-0.2, 0) is 12.6 Å². The second kappa shape index (κ2) is 6.22. The van der Waals surface area contributed by atoms with Gasteiger partial charge in [0.05, 0.1) is 5.56 Å². The molecular weight excluding hydrogens is 303 g/mol. The number of anilines is 2. The van der Waals surface area contributed by atoms with E-state index >= 15 is 0 Å². The van der Waals surface area contributed by atoms with Crippen molar-refractivity contribution in [2.45, 2.75) is 12.6 Å². The van der Waals surface area contributed by atoms with Gasteiger partial charge in [-0.15, -0.1) is 0 Å². The van der Waals surface area contributed by atoms with Crippen molar-refractivity contribution in [2.75, 3.05) is 17.6 Å². The standard InChI is InChI=1S/C14H13ClF3N3/c15-11-3-1-9(2-4-11)5-6-20-13-8-10(14(16,17)18)7-12(19)21-13/h1-4,7-8H,5-6H2,(H3,19,20,21). The Kier molecular flexibility index (Phi) is 4.57. The lowest BCUT2D eigenvalue weighted by atomic mass is 10.1. The van der Waals surface area contributed by atoms with Crippen LogP contribution >= 0.6 is 11.6 Å². The van der Waals surface area contributed by atoms with E-state index in [1.165, 1.54) is 0 Å². The molecule has 112 valence electrons. The predicted molar refractivity (Wildman–Crippen MR) is 77.3 cm³/mol. The summed E-state index contributed by atoms with van der Waals surface area (Å²) < 4.78 is 37.9. The Morgan fingerprint density at radius 2 is 1.81 bits per heavy atom. The van der Waals surface area contributed by atoms with Crippen LogP contribution in [0.2, 0.25) is 5.02 Å². The Balaban J connectivity index is 2.00. The number of nitrogens with one attached hydrogen (secondary N) is 1. The highest BCUT2D eigenvalue weighted by molar-refractivity contribution is 6.30. The number of alkyl halides is 3. The average Bonchev–Trinajstić information content (AvgIpc) is 2.39. The van der Waals surface area contributed by atoms with Crippen LogP contribution < -0.4 is 11.1 Å². The Morgan fingerprint density at radius 1 is 1.14 bits per heavy atom. The average molecular weight is 316 g/mol. The molecule has 3 N–H and O–H groups in total. The number of hydrogen-bond acceptors (Lipinski definition) is 3. The van der Waals surface area contributed by atoms with E-state index in [1.54, 1.807) is 12.1 Å². The summed E-state index contributed by atoms with van der Waals surface area (Å²) in [5, 5.41) is 3.47. The van der Waals surface area contributed by atoms with Crippen molar-refractivity contribution >= 4 is 23.2 Å². The first-order valence-electron chi connectivity index (χ1n) is 6.17. The summed E-state index contributed by atoms with van der Waals surface area (Å²) >= 11 is 5.77. The number of nitrogens with two attached hydrogens (primary N) is 1. The number of nitrogens with zero attached hydrogens (tertiary/aromatic N) is 1. The molecule has 1 aromatic carbocycles. The molecule has 0 unspecified atom stereocenters. The van der Waals surface area contributed by atoms with Gasteiger partial charge in [-0.25, -0.2) is 4.98 Å². The van der Waals surface area contributed by atoms with Crippen LogP contribution in [0.5, 0.6) is 0 Å². The van der Waals surface area contributed by atoms with Gasteiger partial charge in [0.25, 0.3) is 0 Å². The molecule has 0 bridgehead atoms. The second-order valence-electron chi connectivity index (χ2n) is 4.47. The summed E-state index contributed by atoms with van der Waals surface area (Å²) in [5.74, 6) is -0.0601. The summed E-state index contributed by atoms with van der Waals surface area (Å²) in [6, 6.07) is 8.99. The van der Waals surface area contributed by atoms with Crippen LogP contribution in [0.25, 0.3) is 0 Å². The number of benzene rings is 1. The highest BCUT2D eigenvalue weighted by Crippen LogP contribution is 2.31. The quantitative estimate of drug-likeness (QED) is 0.897. The fourth-order valence-corrected chi connectivity index (χ4v) is 1.92. The van der Waals surface area contributed by atoms with Crippen LogP contribution in [0.3, 0.4) is 0 Å². The lowest BCUT2D eigenvalue weighted by Gasteiger charge is -2.11. The Bertz CT molecular complexity index is 612. The molecule has 0 saturated heterocycles. The molecule has 1 aromatic heterocycles.